The van der Waals surface area contributed by atoms with Crippen molar-refractivity contribution in [3.8, 4) is 0 Å². The van der Waals surface area contributed by atoms with Gasteiger partial charge in [0, 0.05) is 19.2 Å². The second kappa shape index (κ2) is 7.37. The Hall–Kier alpha value is -1.12. The maximum Gasteiger partial charge on any atom is 0.184 e. The maximum atomic E-state index is 13.4. The van der Waals surface area contributed by atoms with Crippen LogP contribution in [0.15, 0.2) is 12.3 Å². The van der Waals surface area contributed by atoms with E-state index < -0.39 is 0 Å². The highest BCUT2D eigenvalue weighted by atomic mass is 16.1. The van der Waals surface area contributed by atoms with Crippen LogP contribution in [0.4, 0.5) is 0 Å². The van der Waals surface area contributed by atoms with Gasteiger partial charge in [-0.15, -0.1) is 0 Å². The van der Waals surface area contributed by atoms with Crippen molar-refractivity contribution < 1.29 is 4.79 Å². The summed E-state index contributed by atoms with van der Waals surface area (Å²) in [5.74, 6) is 4.99. The van der Waals surface area contributed by atoms with Crippen molar-refractivity contribution in [3.05, 3.63) is 18.0 Å². The van der Waals surface area contributed by atoms with Crippen LogP contribution in [0.5, 0.6) is 0 Å². The van der Waals surface area contributed by atoms with E-state index in [0.717, 1.165) is 41.7 Å². The molecule has 0 radical (unpaired) electrons. The molecule has 1 aromatic heterocycles. The first-order chi connectivity index (χ1) is 13.0. The monoisotopic (exact) mass is 370 g/mol. The first kappa shape index (κ1) is 19.2. The van der Waals surface area contributed by atoms with E-state index in [2.05, 4.69) is 25.9 Å². The second-order valence-corrected chi connectivity index (χ2v) is 10.0. The van der Waals surface area contributed by atoms with Gasteiger partial charge >= 0.3 is 0 Å². The number of carbonyl (C=O) groups is 1. The molecule has 1 aromatic rings. The smallest absolute Gasteiger partial charge is 0.184 e. The van der Waals surface area contributed by atoms with E-state index in [4.69, 9.17) is 0 Å². The fourth-order valence-electron chi connectivity index (χ4n) is 7.75. The van der Waals surface area contributed by atoms with Crippen molar-refractivity contribution in [1.82, 2.24) is 9.78 Å². The molecule has 150 valence electrons. The largest absolute Gasteiger partial charge is 0.292 e. The van der Waals surface area contributed by atoms with Crippen molar-refractivity contribution in [2.75, 3.05) is 0 Å². The van der Waals surface area contributed by atoms with Crippen LogP contribution < -0.4 is 0 Å². The first-order valence-corrected chi connectivity index (χ1v) is 11.5. The van der Waals surface area contributed by atoms with Crippen molar-refractivity contribution in [2.45, 2.75) is 78.6 Å². The molecule has 0 spiro atoms. The Morgan fingerprint density at radius 3 is 2.67 bits per heavy atom. The maximum absolute atomic E-state index is 13.4. The Kier molecular flexibility index (Phi) is 5.24. The molecule has 3 aliphatic carbocycles. The van der Waals surface area contributed by atoms with Crippen LogP contribution in [0.3, 0.4) is 0 Å². The minimum Gasteiger partial charge on any atom is -0.292 e. The van der Waals surface area contributed by atoms with Crippen LogP contribution in [-0.2, 0) is 7.05 Å². The van der Waals surface area contributed by atoms with Crippen LogP contribution in [0.25, 0.3) is 0 Å². The molecular weight excluding hydrogens is 332 g/mol. The molecule has 3 fully saturated rings. The summed E-state index contributed by atoms with van der Waals surface area (Å²) in [6, 6.07) is 1.91. The highest BCUT2D eigenvalue weighted by molar-refractivity contribution is 5.97. The van der Waals surface area contributed by atoms with Crippen molar-refractivity contribution >= 4 is 5.78 Å². The predicted octanol–water partition coefficient (Wildman–Crippen LogP) is 5.90. The van der Waals surface area contributed by atoms with Gasteiger partial charge in [-0.2, -0.15) is 5.10 Å². The Bertz CT molecular complexity index is 680. The molecule has 0 N–H and O–H groups in total. The molecule has 0 saturated heterocycles. The topological polar surface area (TPSA) is 34.9 Å². The van der Waals surface area contributed by atoms with E-state index in [9.17, 15) is 4.79 Å². The lowest BCUT2D eigenvalue weighted by molar-refractivity contribution is -0.0507. The SMILES string of the molecule is CCCC1C(CC)CCC2C1CCC1(C)C(C(=O)c3ccnn3C)CCC21. The number of aromatic nitrogens is 2. The summed E-state index contributed by atoms with van der Waals surface area (Å²) in [6.45, 7) is 7.22. The molecule has 3 saturated carbocycles. The molecule has 0 bridgehead atoms. The zero-order chi connectivity index (χ0) is 19.2. The normalized spacial score (nSPS) is 41.2. The van der Waals surface area contributed by atoms with Crippen molar-refractivity contribution in [2.24, 2.45) is 48.0 Å². The van der Waals surface area contributed by atoms with Gasteiger partial charge in [0.05, 0.1) is 0 Å². The van der Waals surface area contributed by atoms with E-state index >= 15 is 0 Å². The summed E-state index contributed by atoms with van der Waals surface area (Å²) in [7, 11) is 1.90. The van der Waals surface area contributed by atoms with Gasteiger partial charge in [0.1, 0.15) is 5.69 Å². The molecule has 3 aliphatic rings. The van der Waals surface area contributed by atoms with Gasteiger partial charge < -0.3 is 0 Å². The Morgan fingerprint density at radius 1 is 1.19 bits per heavy atom. The molecule has 4 rings (SSSR count). The second-order valence-electron chi connectivity index (χ2n) is 10.0. The zero-order valence-corrected chi connectivity index (χ0v) is 17.8. The fourth-order valence-corrected chi connectivity index (χ4v) is 7.75. The molecule has 0 aromatic carbocycles. The minimum absolute atomic E-state index is 0.201. The Balaban J connectivity index is 1.58. The lowest BCUT2D eigenvalue weighted by Crippen LogP contribution is -2.48. The third kappa shape index (κ3) is 3.00. The molecule has 3 nitrogen and oxygen atoms in total. The van der Waals surface area contributed by atoms with Crippen molar-refractivity contribution in [1.29, 1.82) is 0 Å². The first-order valence-electron chi connectivity index (χ1n) is 11.5. The summed E-state index contributed by atoms with van der Waals surface area (Å²) in [4.78, 5) is 13.4. The summed E-state index contributed by atoms with van der Waals surface area (Å²) in [5, 5.41) is 4.25. The fraction of sp³-hybridized carbons (Fsp3) is 0.833. The zero-order valence-electron chi connectivity index (χ0n) is 17.8. The number of rotatable bonds is 5. The van der Waals surface area contributed by atoms with Gasteiger partial charge in [0.15, 0.2) is 5.78 Å². The van der Waals surface area contributed by atoms with Crippen LogP contribution in [0.1, 0.15) is 89.0 Å². The molecule has 1 heterocycles. The molecule has 3 heteroatoms. The number of fused-ring (bicyclic) bond motifs is 3. The van der Waals surface area contributed by atoms with Gasteiger partial charge in [-0.25, -0.2) is 0 Å². The van der Waals surface area contributed by atoms with E-state index in [1.165, 1.54) is 51.4 Å². The van der Waals surface area contributed by atoms with E-state index in [1.807, 2.05) is 13.1 Å². The number of aryl methyl sites for hydroxylation is 1. The lowest BCUT2D eigenvalue weighted by Gasteiger charge is -2.54. The standard InChI is InChI=1S/C24H38N2O/c1-5-7-17-16(6-2)8-9-19-18(17)12-14-24(3)20(19)10-11-21(24)23(27)22-13-15-25-26(22)4/h13,15-21H,5-12,14H2,1-4H3. The molecule has 7 atom stereocenters. The van der Waals surface area contributed by atoms with Crippen LogP contribution >= 0.6 is 0 Å². The van der Waals surface area contributed by atoms with Crippen LogP contribution in [-0.4, -0.2) is 15.6 Å². The third-order valence-electron chi connectivity index (χ3n) is 9.06. The van der Waals surface area contributed by atoms with E-state index in [1.54, 1.807) is 10.9 Å². The molecule has 7 unspecified atom stereocenters. The molecule has 27 heavy (non-hydrogen) atoms. The average molecular weight is 371 g/mol. The number of hydrogen-bond acceptors (Lipinski definition) is 2. The van der Waals surface area contributed by atoms with E-state index in [0.29, 0.717) is 5.78 Å². The minimum atomic E-state index is 0.201. The van der Waals surface area contributed by atoms with Gasteiger partial charge in [0.25, 0.3) is 0 Å². The number of ketones is 1. The molecule has 0 amide bonds. The summed E-state index contributed by atoms with van der Waals surface area (Å²) < 4.78 is 1.77. The van der Waals surface area contributed by atoms with Crippen LogP contribution in [0.2, 0.25) is 0 Å². The number of Topliss-reactive ketones (excluding diaryl/α,β-unsaturated/α-hetero) is 1. The summed E-state index contributed by atoms with van der Waals surface area (Å²) in [6.07, 6.45) is 13.7. The summed E-state index contributed by atoms with van der Waals surface area (Å²) >= 11 is 0. The summed E-state index contributed by atoms with van der Waals surface area (Å²) in [5.41, 5.74) is 1.01. The Labute approximate surface area is 165 Å². The van der Waals surface area contributed by atoms with Gasteiger partial charge in [-0.3, -0.25) is 9.48 Å². The lowest BCUT2D eigenvalue weighted by atomic mass is 9.50. The van der Waals surface area contributed by atoms with E-state index in [-0.39, 0.29) is 11.3 Å². The van der Waals surface area contributed by atoms with Gasteiger partial charge in [-0.05, 0) is 79.6 Å². The molecular formula is C24H38N2O. The number of nitrogens with zero attached hydrogens (tertiary/aromatic N) is 2. The molecule has 0 aliphatic heterocycles. The highest BCUT2D eigenvalue weighted by Crippen LogP contribution is 2.64. The van der Waals surface area contributed by atoms with Gasteiger partial charge in [-0.1, -0.05) is 40.0 Å². The third-order valence-corrected chi connectivity index (χ3v) is 9.06. The average Bonchev–Trinajstić information content (AvgIpc) is 3.24. The Morgan fingerprint density at radius 2 is 2.00 bits per heavy atom. The van der Waals surface area contributed by atoms with Crippen molar-refractivity contribution in [3.63, 3.8) is 0 Å². The van der Waals surface area contributed by atoms with Gasteiger partial charge in [0.2, 0.25) is 0 Å². The quantitative estimate of drug-likeness (QED) is 0.605. The highest BCUT2D eigenvalue weighted by Gasteiger charge is 2.58. The predicted molar refractivity (Wildman–Crippen MR) is 109 cm³/mol. The number of hydrogen-bond donors (Lipinski definition) is 0. The van der Waals surface area contributed by atoms with Crippen LogP contribution in [0, 0.1) is 40.9 Å². The number of carbonyl (C=O) groups excluding carboxylic acids is 1.